The molecule has 0 bridgehead atoms. The molecule has 0 aliphatic carbocycles. The molecule has 0 aliphatic heterocycles. The molecule has 1 rings (SSSR count). The van der Waals surface area contributed by atoms with E-state index in [1.165, 1.54) is 0 Å². The predicted octanol–water partition coefficient (Wildman–Crippen LogP) is 0.569. The Morgan fingerprint density at radius 1 is 1.80 bits per heavy atom. The van der Waals surface area contributed by atoms with E-state index >= 15 is 0 Å². The van der Waals surface area contributed by atoms with Crippen LogP contribution in [0.2, 0.25) is 0 Å². The molecule has 10 heavy (non-hydrogen) atoms. The molecule has 1 heterocycles. The van der Waals surface area contributed by atoms with E-state index in [2.05, 4.69) is 5.16 Å². The highest BCUT2D eigenvalue weighted by Crippen LogP contribution is 1.99. The summed E-state index contributed by atoms with van der Waals surface area (Å²) in [5.74, 6) is 0.838. The highest BCUT2D eigenvalue weighted by Gasteiger charge is 1.97. The third kappa shape index (κ3) is 1.51. The molecule has 4 heteroatoms. The standard InChI is InChI=1S/C6H8N2O2/c7-6(8-9)4-5-2-1-3-10-5/h1-3,9H,4H2,(H2,7,8). The van der Waals surface area contributed by atoms with Crippen LogP contribution in [0.4, 0.5) is 0 Å². The van der Waals surface area contributed by atoms with Gasteiger partial charge in [-0.2, -0.15) is 0 Å². The number of oxime groups is 1. The maximum Gasteiger partial charge on any atom is 0.146 e. The number of furan rings is 1. The Hall–Kier alpha value is -1.45. The molecule has 0 saturated heterocycles. The summed E-state index contributed by atoms with van der Waals surface area (Å²) >= 11 is 0. The third-order valence-corrected chi connectivity index (χ3v) is 1.06. The summed E-state index contributed by atoms with van der Waals surface area (Å²) in [6.07, 6.45) is 1.89. The molecule has 0 unspecified atom stereocenters. The lowest BCUT2D eigenvalue weighted by atomic mass is 10.3. The van der Waals surface area contributed by atoms with Crippen LogP contribution in [0.5, 0.6) is 0 Å². The first kappa shape index (κ1) is 6.67. The van der Waals surface area contributed by atoms with Gasteiger partial charge in [0.05, 0.1) is 12.7 Å². The first-order valence-electron chi connectivity index (χ1n) is 2.81. The number of nitrogens with two attached hydrogens (primary N) is 1. The minimum atomic E-state index is 0.148. The van der Waals surface area contributed by atoms with Gasteiger partial charge in [-0.15, -0.1) is 0 Å². The molecular formula is C6H8N2O2. The van der Waals surface area contributed by atoms with E-state index in [-0.39, 0.29) is 5.84 Å². The van der Waals surface area contributed by atoms with Crippen LogP contribution in [-0.2, 0) is 6.42 Å². The molecule has 0 spiro atoms. The zero-order valence-corrected chi connectivity index (χ0v) is 5.32. The van der Waals surface area contributed by atoms with E-state index < -0.39 is 0 Å². The van der Waals surface area contributed by atoms with Crippen molar-refractivity contribution in [3.05, 3.63) is 24.2 Å². The second-order valence-corrected chi connectivity index (χ2v) is 1.85. The summed E-state index contributed by atoms with van der Waals surface area (Å²) in [4.78, 5) is 0. The third-order valence-electron chi connectivity index (χ3n) is 1.06. The molecular weight excluding hydrogens is 132 g/mol. The Labute approximate surface area is 57.9 Å². The molecule has 0 atom stereocenters. The maximum absolute atomic E-state index is 8.15. The van der Waals surface area contributed by atoms with Crippen molar-refractivity contribution in [1.82, 2.24) is 0 Å². The average Bonchev–Trinajstić information content (AvgIpc) is 2.40. The molecule has 0 saturated carbocycles. The number of nitrogens with zero attached hydrogens (tertiary/aromatic N) is 1. The quantitative estimate of drug-likeness (QED) is 0.273. The van der Waals surface area contributed by atoms with Crippen molar-refractivity contribution in [3.8, 4) is 0 Å². The van der Waals surface area contributed by atoms with Gasteiger partial charge in [0.2, 0.25) is 0 Å². The number of amidine groups is 1. The van der Waals surface area contributed by atoms with Crippen LogP contribution in [0.1, 0.15) is 5.76 Å². The zero-order chi connectivity index (χ0) is 7.40. The fourth-order valence-electron chi connectivity index (χ4n) is 0.627. The number of hydrogen-bond acceptors (Lipinski definition) is 3. The molecule has 54 valence electrons. The van der Waals surface area contributed by atoms with Crippen LogP contribution >= 0.6 is 0 Å². The Bertz CT molecular complexity index is 216. The van der Waals surface area contributed by atoms with Crippen LogP contribution in [0, 0.1) is 0 Å². The first-order valence-corrected chi connectivity index (χ1v) is 2.81. The van der Waals surface area contributed by atoms with Crippen molar-refractivity contribution in [1.29, 1.82) is 0 Å². The highest BCUT2D eigenvalue weighted by atomic mass is 16.4. The van der Waals surface area contributed by atoms with Gasteiger partial charge >= 0.3 is 0 Å². The lowest BCUT2D eigenvalue weighted by Crippen LogP contribution is -2.13. The van der Waals surface area contributed by atoms with Gasteiger partial charge in [0, 0.05) is 0 Å². The van der Waals surface area contributed by atoms with Gasteiger partial charge in [0.15, 0.2) is 0 Å². The van der Waals surface area contributed by atoms with Crippen LogP contribution in [-0.4, -0.2) is 11.0 Å². The second-order valence-electron chi connectivity index (χ2n) is 1.85. The minimum absolute atomic E-state index is 0.148. The van der Waals surface area contributed by atoms with E-state index in [9.17, 15) is 0 Å². The van der Waals surface area contributed by atoms with E-state index in [0.29, 0.717) is 12.2 Å². The normalized spacial score (nSPS) is 11.8. The van der Waals surface area contributed by atoms with Crippen molar-refractivity contribution in [2.75, 3.05) is 0 Å². The van der Waals surface area contributed by atoms with Crippen LogP contribution in [0.25, 0.3) is 0 Å². The Morgan fingerprint density at radius 2 is 2.60 bits per heavy atom. The van der Waals surface area contributed by atoms with Crippen molar-refractivity contribution >= 4 is 5.84 Å². The zero-order valence-electron chi connectivity index (χ0n) is 5.32. The maximum atomic E-state index is 8.15. The summed E-state index contributed by atoms with van der Waals surface area (Å²) in [5, 5.41) is 11.0. The fourth-order valence-corrected chi connectivity index (χ4v) is 0.627. The SMILES string of the molecule is NC(Cc1ccco1)=NO. The van der Waals surface area contributed by atoms with E-state index in [1.54, 1.807) is 18.4 Å². The molecule has 3 N–H and O–H groups in total. The summed E-state index contributed by atoms with van der Waals surface area (Å²) in [7, 11) is 0. The molecule has 0 radical (unpaired) electrons. The molecule has 0 aliphatic rings. The summed E-state index contributed by atoms with van der Waals surface area (Å²) in [6, 6.07) is 3.51. The van der Waals surface area contributed by atoms with Gasteiger partial charge in [0.1, 0.15) is 11.6 Å². The molecule has 0 aromatic carbocycles. The second kappa shape index (κ2) is 2.91. The van der Waals surface area contributed by atoms with Gasteiger partial charge in [0.25, 0.3) is 0 Å². The average molecular weight is 140 g/mol. The molecule has 0 fully saturated rings. The van der Waals surface area contributed by atoms with E-state index in [4.69, 9.17) is 15.4 Å². The Morgan fingerprint density at radius 3 is 3.10 bits per heavy atom. The largest absolute Gasteiger partial charge is 0.469 e. The Kier molecular flexibility index (Phi) is 1.94. The fraction of sp³-hybridized carbons (Fsp3) is 0.167. The lowest BCUT2D eigenvalue weighted by molar-refractivity contribution is 0.316. The highest BCUT2D eigenvalue weighted by molar-refractivity contribution is 5.81. The van der Waals surface area contributed by atoms with Crippen molar-refractivity contribution in [2.24, 2.45) is 10.9 Å². The minimum Gasteiger partial charge on any atom is -0.469 e. The topological polar surface area (TPSA) is 71.8 Å². The van der Waals surface area contributed by atoms with Gasteiger partial charge < -0.3 is 15.4 Å². The van der Waals surface area contributed by atoms with Crippen molar-refractivity contribution in [3.63, 3.8) is 0 Å². The van der Waals surface area contributed by atoms with Gasteiger partial charge in [-0.1, -0.05) is 5.16 Å². The first-order chi connectivity index (χ1) is 4.83. The van der Waals surface area contributed by atoms with Crippen LogP contribution < -0.4 is 5.73 Å². The molecule has 1 aromatic rings. The van der Waals surface area contributed by atoms with Crippen LogP contribution in [0.15, 0.2) is 28.0 Å². The van der Waals surface area contributed by atoms with Gasteiger partial charge in [-0.3, -0.25) is 0 Å². The van der Waals surface area contributed by atoms with E-state index in [0.717, 1.165) is 0 Å². The number of rotatable bonds is 2. The summed E-state index contributed by atoms with van der Waals surface area (Å²) in [6.45, 7) is 0. The van der Waals surface area contributed by atoms with Crippen molar-refractivity contribution in [2.45, 2.75) is 6.42 Å². The summed E-state index contributed by atoms with van der Waals surface area (Å²) in [5.41, 5.74) is 5.20. The van der Waals surface area contributed by atoms with Crippen LogP contribution in [0.3, 0.4) is 0 Å². The predicted molar refractivity (Wildman–Crippen MR) is 35.8 cm³/mol. The Balaban J connectivity index is 2.56. The van der Waals surface area contributed by atoms with Crippen molar-refractivity contribution < 1.29 is 9.62 Å². The lowest BCUT2D eigenvalue weighted by Gasteiger charge is -1.91. The van der Waals surface area contributed by atoms with Gasteiger partial charge in [-0.05, 0) is 12.1 Å². The molecule has 4 nitrogen and oxygen atoms in total. The number of hydrogen-bond donors (Lipinski definition) is 2. The van der Waals surface area contributed by atoms with E-state index in [1.807, 2.05) is 0 Å². The monoisotopic (exact) mass is 140 g/mol. The van der Waals surface area contributed by atoms with Gasteiger partial charge in [-0.25, -0.2) is 0 Å². The molecule has 0 amide bonds. The summed E-state index contributed by atoms with van der Waals surface area (Å²) < 4.78 is 4.93. The smallest absolute Gasteiger partial charge is 0.146 e. The molecule has 1 aromatic heterocycles.